The largest absolute Gasteiger partial charge is 0.490 e. The van der Waals surface area contributed by atoms with Crippen molar-refractivity contribution in [1.29, 1.82) is 0 Å². The topological polar surface area (TPSA) is 53.4 Å². The van der Waals surface area contributed by atoms with Gasteiger partial charge in [-0.25, -0.2) is 0 Å². The van der Waals surface area contributed by atoms with Crippen LogP contribution in [0.3, 0.4) is 0 Å². The molecule has 0 aliphatic heterocycles. The summed E-state index contributed by atoms with van der Waals surface area (Å²) in [4.78, 5) is 3.98. The Morgan fingerprint density at radius 3 is 2.31 bits per heavy atom. The van der Waals surface area contributed by atoms with Crippen molar-refractivity contribution < 1.29 is 10.0 Å². The average Bonchev–Trinajstić information content (AvgIpc) is 2.30. The fraction of sp³-hybridized carbons (Fsp3) is 0.0833. The molecule has 0 bridgehead atoms. The van der Waals surface area contributed by atoms with Gasteiger partial charge in [0.05, 0.1) is 0 Å². The summed E-state index contributed by atoms with van der Waals surface area (Å²) in [5.74, 6) is 0. The summed E-state index contributed by atoms with van der Waals surface area (Å²) >= 11 is 0. The quantitative estimate of drug-likeness (QED) is 0.723. The number of benzene rings is 1. The van der Waals surface area contributed by atoms with Crippen LogP contribution in [0.1, 0.15) is 5.56 Å². The molecule has 0 saturated carbocycles. The Bertz CT molecular complexity index is 483. The van der Waals surface area contributed by atoms with Gasteiger partial charge in [0.2, 0.25) is 0 Å². The zero-order chi connectivity index (χ0) is 11.5. The summed E-state index contributed by atoms with van der Waals surface area (Å²) in [5, 5.41) is 18.1. The molecule has 1 heterocycles. The van der Waals surface area contributed by atoms with E-state index in [-0.39, 0.29) is 0 Å². The van der Waals surface area contributed by atoms with Gasteiger partial charge in [-0.3, -0.25) is 4.98 Å². The molecule has 3 nitrogen and oxygen atoms in total. The molecule has 0 radical (unpaired) electrons. The third-order valence-electron chi connectivity index (χ3n) is 2.44. The molecule has 2 N–H and O–H groups in total. The average molecular weight is 213 g/mol. The Kier molecular flexibility index (Phi) is 3.03. The number of nitrogens with zero attached hydrogens (tertiary/aromatic N) is 1. The number of hydrogen-bond acceptors (Lipinski definition) is 3. The molecule has 16 heavy (non-hydrogen) atoms. The van der Waals surface area contributed by atoms with Gasteiger partial charge in [-0.15, -0.1) is 0 Å². The number of pyridine rings is 1. The third kappa shape index (κ3) is 2.29. The van der Waals surface area contributed by atoms with Crippen molar-refractivity contribution in [1.82, 2.24) is 4.98 Å². The number of rotatable bonds is 2. The van der Waals surface area contributed by atoms with Crippen LogP contribution in [0, 0.1) is 6.92 Å². The van der Waals surface area contributed by atoms with Crippen LogP contribution < -0.4 is 5.46 Å². The number of aryl methyl sites for hydroxylation is 1. The van der Waals surface area contributed by atoms with Crippen molar-refractivity contribution >= 4 is 12.6 Å². The van der Waals surface area contributed by atoms with Crippen molar-refractivity contribution in [2.75, 3.05) is 0 Å². The molecule has 0 saturated heterocycles. The van der Waals surface area contributed by atoms with Gasteiger partial charge in [0.25, 0.3) is 0 Å². The highest BCUT2D eigenvalue weighted by Crippen LogP contribution is 2.17. The molecule has 1 aromatic heterocycles. The van der Waals surface area contributed by atoms with E-state index in [2.05, 4.69) is 4.98 Å². The number of aromatic nitrogens is 1. The zero-order valence-electron chi connectivity index (χ0n) is 8.96. The lowest BCUT2D eigenvalue weighted by Crippen LogP contribution is -2.30. The van der Waals surface area contributed by atoms with E-state index in [0.717, 1.165) is 11.1 Å². The van der Waals surface area contributed by atoms with Crippen LogP contribution in [-0.2, 0) is 0 Å². The Labute approximate surface area is 94.6 Å². The minimum Gasteiger partial charge on any atom is -0.423 e. The fourth-order valence-electron chi connectivity index (χ4n) is 1.50. The van der Waals surface area contributed by atoms with Crippen molar-refractivity contribution in [3.63, 3.8) is 0 Å². The molecule has 4 heteroatoms. The standard InChI is InChI=1S/C12H12BNO2/c1-9-2-4-10(5-3-9)11-6-12(13(15)16)8-14-7-11/h2-8,15-16H,1H3. The monoisotopic (exact) mass is 213 g/mol. The predicted molar refractivity (Wildman–Crippen MR) is 64.2 cm³/mol. The minimum absolute atomic E-state index is 0.401. The summed E-state index contributed by atoms with van der Waals surface area (Å²) in [6.45, 7) is 2.02. The van der Waals surface area contributed by atoms with Crippen LogP contribution in [-0.4, -0.2) is 22.2 Å². The highest BCUT2D eigenvalue weighted by atomic mass is 16.4. The molecule has 0 atom stereocenters. The van der Waals surface area contributed by atoms with Crippen LogP contribution in [0.2, 0.25) is 0 Å². The fourth-order valence-corrected chi connectivity index (χ4v) is 1.50. The Balaban J connectivity index is 2.40. The predicted octanol–water partition coefficient (Wildman–Crippen LogP) is 0.737. The zero-order valence-corrected chi connectivity index (χ0v) is 8.96. The summed E-state index contributed by atoms with van der Waals surface area (Å²) in [6, 6.07) is 9.72. The summed E-state index contributed by atoms with van der Waals surface area (Å²) in [7, 11) is -1.47. The number of hydrogen-bond donors (Lipinski definition) is 2. The second-order valence-corrected chi connectivity index (χ2v) is 3.75. The van der Waals surface area contributed by atoms with E-state index >= 15 is 0 Å². The van der Waals surface area contributed by atoms with E-state index < -0.39 is 7.12 Å². The second-order valence-electron chi connectivity index (χ2n) is 3.75. The van der Waals surface area contributed by atoms with E-state index in [1.165, 1.54) is 11.8 Å². The van der Waals surface area contributed by atoms with Gasteiger partial charge >= 0.3 is 7.12 Å². The van der Waals surface area contributed by atoms with Crippen LogP contribution in [0.5, 0.6) is 0 Å². The Morgan fingerprint density at radius 1 is 1.00 bits per heavy atom. The van der Waals surface area contributed by atoms with E-state index in [0.29, 0.717) is 5.46 Å². The first-order valence-electron chi connectivity index (χ1n) is 5.05. The smallest absolute Gasteiger partial charge is 0.423 e. The summed E-state index contributed by atoms with van der Waals surface area (Å²) < 4.78 is 0. The van der Waals surface area contributed by atoms with Crippen molar-refractivity contribution in [3.8, 4) is 11.1 Å². The maximum Gasteiger partial charge on any atom is 0.490 e. The molecule has 0 unspecified atom stereocenters. The second kappa shape index (κ2) is 4.47. The van der Waals surface area contributed by atoms with Gasteiger partial charge < -0.3 is 10.0 Å². The molecular weight excluding hydrogens is 201 g/mol. The molecule has 1 aromatic carbocycles. The van der Waals surface area contributed by atoms with E-state index in [9.17, 15) is 0 Å². The highest BCUT2D eigenvalue weighted by molar-refractivity contribution is 6.58. The third-order valence-corrected chi connectivity index (χ3v) is 2.44. The maximum absolute atomic E-state index is 9.05. The molecule has 2 rings (SSSR count). The molecule has 0 amide bonds. The first-order valence-corrected chi connectivity index (χ1v) is 5.05. The lowest BCUT2D eigenvalue weighted by molar-refractivity contribution is 0.425. The molecule has 0 aliphatic carbocycles. The maximum atomic E-state index is 9.05. The van der Waals surface area contributed by atoms with Gasteiger partial charge in [-0.05, 0) is 18.1 Å². The normalized spacial score (nSPS) is 10.2. The van der Waals surface area contributed by atoms with E-state index in [1.807, 2.05) is 31.2 Å². The van der Waals surface area contributed by atoms with Crippen LogP contribution in [0.15, 0.2) is 42.7 Å². The molecular formula is C12H12BNO2. The Morgan fingerprint density at radius 2 is 1.69 bits per heavy atom. The van der Waals surface area contributed by atoms with Gasteiger partial charge in [-0.2, -0.15) is 0 Å². The summed E-state index contributed by atoms with van der Waals surface area (Å²) in [6.07, 6.45) is 3.15. The first kappa shape index (κ1) is 10.9. The first-order chi connectivity index (χ1) is 7.66. The van der Waals surface area contributed by atoms with E-state index in [4.69, 9.17) is 10.0 Å². The minimum atomic E-state index is -1.47. The van der Waals surface area contributed by atoms with Gasteiger partial charge in [-0.1, -0.05) is 35.9 Å². The highest BCUT2D eigenvalue weighted by Gasteiger charge is 2.11. The van der Waals surface area contributed by atoms with Crippen molar-refractivity contribution in [2.45, 2.75) is 6.92 Å². The van der Waals surface area contributed by atoms with E-state index in [1.54, 1.807) is 12.3 Å². The Hall–Kier alpha value is -1.65. The molecule has 0 fully saturated rings. The molecule has 80 valence electrons. The van der Waals surface area contributed by atoms with Gasteiger partial charge in [0.1, 0.15) is 0 Å². The van der Waals surface area contributed by atoms with Crippen LogP contribution >= 0.6 is 0 Å². The van der Waals surface area contributed by atoms with Crippen LogP contribution in [0.25, 0.3) is 11.1 Å². The van der Waals surface area contributed by atoms with Crippen LogP contribution in [0.4, 0.5) is 0 Å². The lowest BCUT2D eigenvalue weighted by Gasteiger charge is -2.04. The van der Waals surface area contributed by atoms with Crippen molar-refractivity contribution in [3.05, 3.63) is 48.3 Å². The summed E-state index contributed by atoms with van der Waals surface area (Å²) in [5.41, 5.74) is 3.49. The molecule has 2 aromatic rings. The SMILES string of the molecule is Cc1ccc(-c2cncc(B(O)O)c2)cc1. The van der Waals surface area contributed by atoms with Crippen molar-refractivity contribution in [2.24, 2.45) is 0 Å². The van der Waals surface area contributed by atoms with Gasteiger partial charge in [0.15, 0.2) is 0 Å². The lowest BCUT2D eigenvalue weighted by atomic mass is 9.80. The molecule has 0 spiro atoms. The van der Waals surface area contributed by atoms with Gasteiger partial charge in [0, 0.05) is 17.9 Å². The molecule has 0 aliphatic rings.